The summed E-state index contributed by atoms with van der Waals surface area (Å²) < 4.78 is 15.9. The van der Waals surface area contributed by atoms with E-state index in [1.54, 1.807) is 16.7 Å². The topological polar surface area (TPSA) is 25.2 Å². The summed E-state index contributed by atoms with van der Waals surface area (Å²) >= 11 is 6.35. The predicted molar refractivity (Wildman–Crippen MR) is 83.1 cm³/mol. The van der Waals surface area contributed by atoms with Gasteiger partial charge >= 0.3 is 0 Å². The molecule has 2 aromatic carbocycles. The summed E-state index contributed by atoms with van der Waals surface area (Å²) in [6, 6.07) is 12.8. The fourth-order valence-corrected chi connectivity index (χ4v) is 3.00. The van der Waals surface area contributed by atoms with E-state index < -0.39 is 0 Å². The van der Waals surface area contributed by atoms with Crippen molar-refractivity contribution in [3.05, 3.63) is 70.1 Å². The number of fused-ring (bicyclic) bond motifs is 1. The van der Waals surface area contributed by atoms with E-state index >= 15 is 0 Å². The van der Waals surface area contributed by atoms with Crippen LogP contribution in [-0.2, 0) is 13.2 Å². The van der Waals surface area contributed by atoms with Crippen molar-refractivity contribution < 1.29 is 9.50 Å². The van der Waals surface area contributed by atoms with Crippen molar-refractivity contribution in [3.63, 3.8) is 0 Å². The minimum atomic E-state index is -0.332. The lowest BCUT2D eigenvalue weighted by Crippen LogP contribution is -2.01. The quantitative estimate of drug-likeness (QED) is 0.767. The van der Waals surface area contributed by atoms with Crippen LogP contribution in [0.4, 0.5) is 4.39 Å². The maximum absolute atomic E-state index is 14.2. The van der Waals surface area contributed by atoms with Gasteiger partial charge in [0.15, 0.2) is 0 Å². The van der Waals surface area contributed by atoms with Crippen LogP contribution < -0.4 is 0 Å². The van der Waals surface area contributed by atoms with Crippen molar-refractivity contribution in [2.45, 2.75) is 20.1 Å². The maximum Gasteiger partial charge on any atom is 0.147 e. The molecule has 0 unspecified atom stereocenters. The number of hydrogen-bond acceptors (Lipinski definition) is 1. The number of nitrogens with zero attached hydrogens (tertiary/aromatic N) is 1. The van der Waals surface area contributed by atoms with E-state index in [0.29, 0.717) is 28.2 Å². The zero-order valence-electron chi connectivity index (χ0n) is 11.6. The summed E-state index contributed by atoms with van der Waals surface area (Å²) in [5.74, 6) is -0.332. The van der Waals surface area contributed by atoms with Crippen LogP contribution >= 0.6 is 11.6 Å². The molecule has 1 N–H and O–H groups in total. The molecule has 0 aliphatic heterocycles. The number of halogens is 2. The first kappa shape index (κ1) is 14.1. The Morgan fingerprint density at radius 2 is 1.95 bits per heavy atom. The van der Waals surface area contributed by atoms with Gasteiger partial charge in [-0.15, -0.1) is 0 Å². The molecule has 1 heterocycles. The smallest absolute Gasteiger partial charge is 0.147 e. The average molecular weight is 304 g/mol. The van der Waals surface area contributed by atoms with Crippen molar-refractivity contribution in [2.24, 2.45) is 0 Å². The molecule has 3 aromatic rings. The Morgan fingerprint density at radius 3 is 2.67 bits per heavy atom. The van der Waals surface area contributed by atoms with Gasteiger partial charge in [0, 0.05) is 17.5 Å². The van der Waals surface area contributed by atoms with Gasteiger partial charge in [0.25, 0.3) is 0 Å². The van der Waals surface area contributed by atoms with Gasteiger partial charge < -0.3 is 9.67 Å². The van der Waals surface area contributed by atoms with Gasteiger partial charge in [0.05, 0.1) is 12.1 Å². The van der Waals surface area contributed by atoms with Crippen LogP contribution in [0, 0.1) is 12.7 Å². The van der Waals surface area contributed by atoms with Crippen molar-refractivity contribution >= 4 is 22.5 Å². The minimum Gasteiger partial charge on any atom is -0.392 e. The van der Waals surface area contributed by atoms with Crippen molar-refractivity contribution in [1.82, 2.24) is 4.57 Å². The number of aromatic nitrogens is 1. The van der Waals surface area contributed by atoms with Gasteiger partial charge in [-0.25, -0.2) is 4.39 Å². The molecule has 0 bridgehead atoms. The van der Waals surface area contributed by atoms with Crippen LogP contribution in [-0.4, -0.2) is 9.67 Å². The van der Waals surface area contributed by atoms with Crippen LogP contribution in [0.2, 0.25) is 5.15 Å². The van der Waals surface area contributed by atoms with Crippen LogP contribution in [0.15, 0.2) is 42.5 Å². The van der Waals surface area contributed by atoms with Gasteiger partial charge in [0.1, 0.15) is 11.0 Å². The minimum absolute atomic E-state index is 0.209. The fourth-order valence-electron chi connectivity index (χ4n) is 2.70. The number of benzene rings is 2. The molecular formula is C17H15ClFNO. The Labute approximate surface area is 127 Å². The van der Waals surface area contributed by atoms with Gasteiger partial charge in [-0.3, -0.25) is 0 Å². The second kappa shape index (κ2) is 5.51. The Hall–Kier alpha value is -1.84. The summed E-state index contributed by atoms with van der Waals surface area (Å²) in [6.07, 6.45) is 0. The molecule has 0 saturated heterocycles. The third kappa shape index (κ3) is 2.43. The number of aliphatic hydroxyl groups excluding tert-OH is 1. The summed E-state index contributed by atoms with van der Waals surface area (Å²) in [5.41, 5.74) is 3.19. The van der Waals surface area contributed by atoms with E-state index in [1.807, 2.05) is 31.2 Å². The lowest BCUT2D eigenvalue weighted by Gasteiger charge is -2.09. The van der Waals surface area contributed by atoms with Crippen LogP contribution in [0.3, 0.4) is 0 Å². The Kier molecular flexibility index (Phi) is 3.70. The number of rotatable bonds is 3. The maximum atomic E-state index is 14.2. The molecule has 0 atom stereocenters. The third-order valence-electron chi connectivity index (χ3n) is 3.65. The third-order valence-corrected chi connectivity index (χ3v) is 4.08. The van der Waals surface area contributed by atoms with E-state index in [1.165, 1.54) is 6.07 Å². The molecule has 1 aromatic heterocycles. The number of aryl methyl sites for hydroxylation is 1. The molecule has 0 spiro atoms. The molecule has 0 amide bonds. The van der Waals surface area contributed by atoms with Crippen molar-refractivity contribution in [3.8, 4) is 0 Å². The van der Waals surface area contributed by atoms with Crippen LogP contribution in [0.5, 0.6) is 0 Å². The Morgan fingerprint density at radius 1 is 1.19 bits per heavy atom. The molecule has 0 radical (unpaired) electrons. The van der Waals surface area contributed by atoms with E-state index in [2.05, 4.69) is 0 Å². The summed E-state index contributed by atoms with van der Waals surface area (Å²) in [6.45, 7) is 2.27. The largest absolute Gasteiger partial charge is 0.392 e. The zero-order chi connectivity index (χ0) is 15.0. The summed E-state index contributed by atoms with van der Waals surface area (Å²) in [7, 11) is 0. The molecular weight excluding hydrogens is 289 g/mol. The highest BCUT2D eigenvalue weighted by Crippen LogP contribution is 2.32. The van der Waals surface area contributed by atoms with Gasteiger partial charge in [-0.2, -0.15) is 0 Å². The molecule has 0 fully saturated rings. The predicted octanol–water partition coefficient (Wildman–Crippen LogP) is 4.28. The van der Waals surface area contributed by atoms with Crippen LogP contribution in [0.1, 0.15) is 16.7 Å². The number of hydrogen-bond donors (Lipinski definition) is 1. The Balaban J connectivity index is 2.20. The standard InChI is InChI=1S/C17H15ClFNO/c1-11-4-2-5-12(8-11)9-20-16-13(6-3-7-15(16)19)14(10-21)17(20)18/h2-8,21H,9-10H2,1H3. The molecule has 108 valence electrons. The fraction of sp³-hybridized carbons (Fsp3) is 0.176. The number of para-hydroxylation sites is 1. The number of aliphatic hydroxyl groups is 1. The first-order valence-corrected chi connectivity index (χ1v) is 7.11. The highest BCUT2D eigenvalue weighted by atomic mass is 35.5. The lowest BCUT2D eigenvalue weighted by molar-refractivity contribution is 0.283. The summed E-state index contributed by atoms with van der Waals surface area (Å²) in [5, 5.41) is 10.6. The monoisotopic (exact) mass is 303 g/mol. The second-order valence-corrected chi connectivity index (χ2v) is 5.50. The molecule has 0 aliphatic rings. The van der Waals surface area contributed by atoms with Crippen molar-refractivity contribution in [1.29, 1.82) is 0 Å². The average Bonchev–Trinajstić information content (AvgIpc) is 2.72. The molecule has 21 heavy (non-hydrogen) atoms. The molecule has 3 rings (SSSR count). The van der Waals surface area contributed by atoms with Gasteiger partial charge in [-0.1, -0.05) is 53.6 Å². The van der Waals surface area contributed by atoms with E-state index in [4.69, 9.17) is 11.6 Å². The van der Waals surface area contributed by atoms with E-state index in [-0.39, 0.29) is 12.4 Å². The highest BCUT2D eigenvalue weighted by molar-refractivity contribution is 6.32. The van der Waals surface area contributed by atoms with Crippen molar-refractivity contribution in [2.75, 3.05) is 0 Å². The molecule has 0 saturated carbocycles. The van der Waals surface area contributed by atoms with E-state index in [0.717, 1.165) is 11.1 Å². The Bertz CT molecular complexity index is 810. The highest BCUT2D eigenvalue weighted by Gasteiger charge is 2.17. The first-order chi connectivity index (χ1) is 10.1. The molecule has 0 aliphatic carbocycles. The van der Waals surface area contributed by atoms with E-state index in [9.17, 15) is 9.50 Å². The van der Waals surface area contributed by atoms with Crippen LogP contribution in [0.25, 0.3) is 10.9 Å². The SMILES string of the molecule is Cc1cccc(Cn2c(Cl)c(CO)c3cccc(F)c32)c1. The molecule has 4 heteroatoms. The normalized spacial score (nSPS) is 11.2. The first-order valence-electron chi connectivity index (χ1n) is 6.73. The zero-order valence-corrected chi connectivity index (χ0v) is 12.4. The molecule has 2 nitrogen and oxygen atoms in total. The lowest BCUT2D eigenvalue weighted by atomic mass is 10.1. The summed E-state index contributed by atoms with van der Waals surface area (Å²) in [4.78, 5) is 0. The second-order valence-electron chi connectivity index (χ2n) is 5.14. The van der Waals surface area contributed by atoms with Gasteiger partial charge in [0.2, 0.25) is 0 Å². The van der Waals surface area contributed by atoms with Gasteiger partial charge in [-0.05, 0) is 18.6 Å².